The summed E-state index contributed by atoms with van der Waals surface area (Å²) in [4.78, 5) is 10.3. The number of nitro benzene ring substituents is 1. The number of nitrogens with zero attached hydrogens (tertiary/aromatic N) is 2. The summed E-state index contributed by atoms with van der Waals surface area (Å²) in [6.07, 6.45) is -3.09. The first kappa shape index (κ1) is 19.3. The topological polar surface area (TPSA) is 79.6 Å². The highest BCUT2D eigenvalue weighted by Crippen LogP contribution is 2.28. The molecule has 2 aromatic carbocycles. The fourth-order valence-corrected chi connectivity index (χ4v) is 2.09. The summed E-state index contributed by atoms with van der Waals surface area (Å²) in [5, 5.41) is 17.5. The Morgan fingerprint density at radius 1 is 1.23 bits per heavy atom. The average Bonchev–Trinajstić information content (AvgIpc) is 2.56. The van der Waals surface area contributed by atoms with Gasteiger partial charge in [-0.1, -0.05) is 18.2 Å². The Morgan fingerprint density at radius 2 is 1.88 bits per heavy atom. The van der Waals surface area contributed by atoms with Crippen molar-refractivity contribution in [2.45, 2.75) is 13.1 Å². The number of non-ortho nitro benzene ring substituents is 1. The monoisotopic (exact) mass is 382 g/mol. The Hall–Kier alpha value is -3.01. The van der Waals surface area contributed by atoms with Gasteiger partial charge in [-0.05, 0) is 42.4 Å². The van der Waals surface area contributed by atoms with Crippen molar-refractivity contribution in [3.05, 3.63) is 69.3 Å². The third kappa shape index (κ3) is 5.24. The summed E-state index contributed by atoms with van der Waals surface area (Å²) < 4.78 is 37.4. The van der Waals surface area contributed by atoms with Gasteiger partial charge >= 0.3 is 6.18 Å². The van der Waals surface area contributed by atoms with Crippen molar-refractivity contribution in [1.82, 2.24) is 5.43 Å². The third-order valence-corrected chi connectivity index (χ3v) is 3.49. The summed E-state index contributed by atoms with van der Waals surface area (Å²) in [7, 11) is 0. The van der Waals surface area contributed by atoms with E-state index in [0.717, 1.165) is 17.7 Å². The van der Waals surface area contributed by atoms with E-state index in [1.807, 2.05) is 0 Å². The molecule has 136 valence electrons. The smallest absolute Gasteiger partial charge is 0.331 e. The number of nitro groups is 1. The van der Waals surface area contributed by atoms with Gasteiger partial charge in [0.15, 0.2) is 5.11 Å². The summed E-state index contributed by atoms with van der Waals surface area (Å²) in [5.74, 6) is 0. The van der Waals surface area contributed by atoms with Crippen LogP contribution >= 0.6 is 12.2 Å². The van der Waals surface area contributed by atoms with Gasteiger partial charge in [0.25, 0.3) is 5.69 Å². The van der Waals surface area contributed by atoms with Crippen LogP contribution in [0.25, 0.3) is 0 Å². The lowest BCUT2D eigenvalue weighted by Crippen LogP contribution is -2.24. The zero-order valence-electron chi connectivity index (χ0n) is 13.4. The third-order valence-electron chi connectivity index (χ3n) is 3.30. The highest BCUT2D eigenvalue weighted by atomic mass is 32.1. The molecule has 0 aromatic heterocycles. The summed E-state index contributed by atoms with van der Waals surface area (Å²) in [6, 6.07) is 8.73. The van der Waals surface area contributed by atoms with Crippen molar-refractivity contribution in [2.75, 3.05) is 5.32 Å². The molecule has 0 aliphatic carbocycles. The lowest BCUT2D eigenvalue weighted by Gasteiger charge is -2.09. The van der Waals surface area contributed by atoms with E-state index in [0.29, 0.717) is 11.3 Å². The minimum Gasteiger partial charge on any atom is -0.331 e. The Bertz CT molecular complexity index is 852. The van der Waals surface area contributed by atoms with E-state index in [2.05, 4.69) is 15.8 Å². The number of nitrogens with one attached hydrogen (secondary N) is 2. The van der Waals surface area contributed by atoms with E-state index in [1.54, 1.807) is 13.0 Å². The number of hydrogen-bond acceptors (Lipinski definition) is 4. The molecule has 0 fully saturated rings. The fraction of sp³-hybridized carbons (Fsp3) is 0.125. The zero-order chi connectivity index (χ0) is 19.3. The maximum Gasteiger partial charge on any atom is 0.416 e. The molecule has 0 bridgehead atoms. The van der Waals surface area contributed by atoms with Gasteiger partial charge in [-0.2, -0.15) is 18.3 Å². The molecule has 26 heavy (non-hydrogen) atoms. The first-order chi connectivity index (χ1) is 12.2. The molecule has 0 saturated carbocycles. The first-order valence-electron chi connectivity index (χ1n) is 7.19. The van der Waals surface area contributed by atoms with Crippen LogP contribution in [-0.2, 0) is 6.18 Å². The van der Waals surface area contributed by atoms with Gasteiger partial charge in [0, 0.05) is 12.1 Å². The van der Waals surface area contributed by atoms with Crippen LogP contribution in [-0.4, -0.2) is 16.3 Å². The second kappa shape index (κ2) is 7.91. The van der Waals surface area contributed by atoms with Crippen molar-refractivity contribution in [3.63, 3.8) is 0 Å². The molecule has 0 radical (unpaired) electrons. The number of halogens is 3. The van der Waals surface area contributed by atoms with Gasteiger partial charge < -0.3 is 5.32 Å². The van der Waals surface area contributed by atoms with Crippen LogP contribution in [0.1, 0.15) is 16.7 Å². The SMILES string of the molecule is Cc1ccc([N+](=O)[O-])cc1NC(=S)NN=Cc1ccc(C(F)(F)F)cc1. The number of anilines is 1. The van der Waals surface area contributed by atoms with Gasteiger partial charge in [0.05, 0.1) is 22.4 Å². The first-order valence-corrected chi connectivity index (χ1v) is 7.60. The number of hydrogen-bond donors (Lipinski definition) is 2. The minimum absolute atomic E-state index is 0.0803. The van der Waals surface area contributed by atoms with Crippen molar-refractivity contribution in [1.29, 1.82) is 0 Å². The normalized spacial score (nSPS) is 11.4. The largest absolute Gasteiger partial charge is 0.416 e. The lowest BCUT2D eigenvalue weighted by atomic mass is 10.1. The van der Waals surface area contributed by atoms with Crippen LogP contribution in [0.5, 0.6) is 0 Å². The second-order valence-electron chi connectivity index (χ2n) is 5.20. The number of alkyl halides is 3. The Morgan fingerprint density at radius 3 is 2.46 bits per heavy atom. The van der Waals surface area contributed by atoms with Crippen molar-refractivity contribution >= 4 is 34.9 Å². The van der Waals surface area contributed by atoms with E-state index in [4.69, 9.17) is 12.2 Å². The predicted molar refractivity (Wildman–Crippen MR) is 96.2 cm³/mol. The molecule has 6 nitrogen and oxygen atoms in total. The van der Waals surface area contributed by atoms with E-state index >= 15 is 0 Å². The van der Waals surface area contributed by atoms with Crippen LogP contribution in [0.15, 0.2) is 47.6 Å². The molecule has 0 atom stereocenters. The molecule has 0 heterocycles. The summed E-state index contributed by atoms with van der Waals surface area (Å²) in [6.45, 7) is 1.75. The molecule has 0 amide bonds. The standard InChI is InChI=1S/C16H13F3N4O2S/c1-10-2-7-13(23(24)25)8-14(10)21-15(26)22-20-9-11-3-5-12(6-4-11)16(17,18)19/h2-9H,1H3,(H2,21,22,26). The molecule has 0 aliphatic rings. The number of thiocarbonyl (C=S) groups is 1. The highest BCUT2D eigenvalue weighted by molar-refractivity contribution is 7.80. The van der Waals surface area contributed by atoms with Crippen LogP contribution in [0.4, 0.5) is 24.5 Å². The van der Waals surface area contributed by atoms with E-state index in [1.165, 1.54) is 30.5 Å². The molecular weight excluding hydrogens is 369 g/mol. The van der Waals surface area contributed by atoms with Gasteiger partial charge in [-0.25, -0.2) is 0 Å². The van der Waals surface area contributed by atoms with E-state index in [-0.39, 0.29) is 10.8 Å². The molecule has 2 N–H and O–H groups in total. The molecule has 0 spiro atoms. The summed E-state index contributed by atoms with van der Waals surface area (Å²) >= 11 is 5.04. The number of hydrazone groups is 1. The van der Waals surface area contributed by atoms with Gasteiger partial charge in [0.2, 0.25) is 0 Å². The predicted octanol–water partition coefficient (Wildman–Crippen LogP) is 4.24. The lowest BCUT2D eigenvalue weighted by molar-refractivity contribution is -0.384. The number of benzene rings is 2. The summed E-state index contributed by atoms with van der Waals surface area (Å²) in [5.41, 5.74) is 3.29. The molecule has 0 unspecified atom stereocenters. The molecule has 10 heteroatoms. The average molecular weight is 382 g/mol. The second-order valence-corrected chi connectivity index (χ2v) is 5.61. The van der Waals surface area contributed by atoms with Gasteiger partial charge in [-0.15, -0.1) is 0 Å². The quantitative estimate of drug-likeness (QED) is 0.358. The van der Waals surface area contributed by atoms with Crippen LogP contribution < -0.4 is 10.7 Å². The molecule has 2 rings (SSSR count). The van der Waals surface area contributed by atoms with Crippen molar-refractivity contribution < 1.29 is 18.1 Å². The molecule has 0 saturated heterocycles. The molecule has 2 aromatic rings. The Labute approximate surface area is 151 Å². The van der Waals surface area contributed by atoms with Gasteiger partial charge in [0.1, 0.15) is 0 Å². The number of rotatable bonds is 4. The molecular formula is C16H13F3N4O2S. The van der Waals surface area contributed by atoms with Crippen LogP contribution in [0.2, 0.25) is 0 Å². The van der Waals surface area contributed by atoms with Crippen LogP contribution in [0.3, 0.4) is 0 Å². The minimum atomic E-state index is -4.39. The highest BCUT2D eigenvalue weighted by Gasteiger charge is 2.29. The number of aryl methyl sites for hydroxylation is 1. The van der Waals surface area contributed by atoms with E-state index in [9.17, 15) is 23.3 Å². The van der Waals surface area contributed by atoms with E-state index < -0.39 is 16.7 Å². The molecule has 0 aliphatic heterocycles. The maximum absolute atomic E-state index is 12.5. The zero-order valence-corrected chi connectivity index (χ0v) is 14.2. The maximum atomic E-state index is 12.5. The Balaban J connectivity index is 1.97. The Kier molecular flexibility index (Phi) is 5.88. The fourth-order valence-electron chi connectivity index (χ4n) is 1.93. The van der Waals surface area contributed by atoms with Crippen LogP contribution in [0, 0.1) is 17.0 Å². The van der Waals surface area contributed by atoms with Gasteiger partial charge in [-0.3, -0.25) is 15.5 Å². The van der Waals surface area contributed by atoms with Crippen molar-refractivity contribution in [3.8, 4) is 0 Å². The van der Waals surface area contributed by atoms with Crippen molar-refractivity contribution in [2.24, 2.45) is 5.10 Å².